The van der Waals surface area contributed by atoms with Gasteiger partial charge in [-0.15, -0.1) is 0 Å². The van der Waals surface area contributed by atoms with Crippen LogP contribution in [0.3, 0.4) is 0 Å². The number of fused-ring (bicyclic) bond motifs is 3. The molecule has 206 valence electrons. The van der Waals surface area contributed by atoms with Crippen molar-refractivity contribution in [2.24, 2.45) is 11.8 Å². The third-order valence-electron chi connectivity index (χ3n) is 7.75. The first-order chi connectivity index (χ1) is 17.8. The molecule has 0 aromatic heterocycles. The monoisotopic (exact) mass is 516 g/mol. The van der Waals surface area contributed by atoms with Gasteiger partial charge in [-0.05, 0) is 56.8 Å². The number of rotatable bonds is 3. The number of aliphatic hydroxyl groups excluding tert-OH is 2. The molecule has 2 N–H and O–H groups in total. The van der Waals surface area contributed by atoms with E-state index in [0.29, 0.717) is 37.7 Å². The molecule has 2 unspecified atom stereocenters. The molecule has 0 aromatic carbocycles. The van der Waals surface area contributed by atoms with Crippen molar-refractivity contribution in [1.82, 2.24) is 0 Å². The van der Waals surface area contributed by atoms with Gasteiger partial charge in [0, 0.05) is 19.1 Å². The molecule has 10 atom stereocenters. The average molecular weight is 517 g/mol. The van der Waals surface area contributed by atoms with E-state index in [2.05, 4.69) is 26.5 Å². The molecule has 2 bridgehead atoms. The first kappa shape index (κ1) is 28.2. The lowest BCUT2D eigenvalue weighted by atomic mass is 9.91. The smallest absolute Gasteiger partial charge is 0.330 e. The first-order valence-electron chi connectivity index (χ1n) is 13.9. The zero-order valence-electron chi connectivity index (χ0n) is 22.2. The lowest BCUT2D eigenvalue weighted by molar-refractivity contribution is -0.148. The second kappa shape index (κ2) is 13.3. The third kappa shape index (κ3) is 8.89. The van der Waals surface area contributed by atoms with Gasteiger partial charge in [-0.25, -0.2) is 4.79 Å². The van der Waals surface area contributed by atoms with Crippen LogP contribution in [0.4, 0.5) is 0 Å². The summed E-state index contributed by atoms with van der Waals surface area (Å²) in [5.74, 6) is 0.439. The van der Waals surface area contributed by atoms with Crippen molar-refractivity contribution in [3.8, 4) is 0 Å². The Labute approximate surface area is 221 Å². The van der Waals surface area contributed by atoms with Crippen LogP contribution in [-0.4, -0.2) is 71.6 Å². The number of esters is 1. The lowest BCUT2D eigenvalue weighted by Gasteiger charge is -2.28. The predicted octanol–water partition coefficient (Wildman–Crippen LogP) is 4.19. The maximum atomic E-state index is 12.7. The topological polar surface area (TPSA) is 97.8 Å². The van der Waals surface area contributed by atoms with Crippen molar-refractivity contribution in [3.63, 3.8) is 0 Å². The Morgan fingerprint density at radius 1 is 1.08 bits per heavy atom. The van der Waals surface area contributed by atoms with Crippen LogP contribution in [0.5, 0.6) is 0 Å². The Hall–Kier alpha value is -1.77. The van der Waals surface area contributed by atoms with Crippen LogP contribution in [-0.2, 0) is 23.7 Å². The molecule has 0 aliphatic carbocycles. The molecule has 2 saturated heterocycles. The standard InChI is InChI=1S/C30H44O7/c1-19-12-13-34-23(15-19)10-11-25(31)27-18-28-30(37-28)26(32)17-21(3)14-20(2)16-24-8-4-6-22(35-24)7-5-9-29(33)36-27/h4-6,9-11,19-20,22-28,30-32H,3,7-8,12-18H2,1-2H3/b9-5-,11-10+/t19?,20-,22-,23?,24-,25-,26-,27-,28-,30-/m0/s1. The molecule has 7 nitrogen and oxygen atoms in total. The third-order valence-corrected chi connectivity index (χ3v) is 7.75. The first-order valence-corrected chi connectivity index (χ1v) is 13.9. The van der Waals surface area contributed by atoms with Crippen LogP contribution in [0.15, 0.2) is 48.6 Å². The van der Waals surface area contributed by atoms with Crippen molar-refractivity contribution in [1.29, 1.82) is 0 Å². The van der Waals surface area contributed by atoms with Crippen LogP contribution < -0.4 is 0 Å². The summed E-state index contributed by atoms with van der Waals surface area (Å²) in [5, 5.41) is 21.7. The summed E-state index contributed by atoms with van der Waals surface area (Å²) in [5.41, 5.74) is 0.994. The molecule has 4 aliphatic rings. The quantitative estimate of drug-likeness (QED) is 0.330. The van der Waals surface area contributed by atoms with Crippen molar-refractivity contribution < 1.29 is 34.0 Å². The highest BCUT2D eigenvalue weighted by molar-refractivity contribution is 5.82. The van der Waals surface area contributed by atoms with E-state index in [1.807, 2.05) is 12.2 Å². The van der Waals surface area contributed by atoms with Gasteiger partial charge in [-0.3, -0.25) is 0 Å². The minimum absolute atomic E-state index is 0.0549. The number of ether oxygens (including phenoxy) is 4. The van der Waals surface area contributed by atoms with Crippen LogP contribution in [0.25, 0.3) is 0 Å². The molecule has 0 amide bonds. The van der Waals surface area contributed by atoms with Gasteiger partial charge in [0.15, 0.2) is 0 Å². The molecule has 4 heterocycles. The second-order valence-corrected chi connectivity index (χ2v) is 11.4. The van der Waals surface area contributed by atoms with Crippen molar-refractivity contribution in [2.75, 3.05) is 6.61 Å². The van der Waals surface area contributed by atoms with E-state index < -0.39 is 24.3 Å². The zero-order valence-corrected chi connectivity index (χ0v) is 22.2. The molecule has 0 radical (unpaired) electrons. The number of epoxide rings is 1. The summed E-state index contributed by atoms with van der Waals surface area (Å²) in [6.45, 7) is 9.29. The van der Waals surface area contributed by atoms with Gasteiger partial charge in [0.05, 0.1) is 30.5 Å². The molecule has 4 rings (SSSR count). The summed E-state index contributed by atoms with van der Waals surface area (Å²) in [6, 6.07) is 0. The van der Waals surface area contributed by atoms with E-state index in [1.54, 1.807) is 12.2 Å². The molecule has 37 heavy (non-hydrogen) atoms. The molecule has 2 fully saturated rings. The van der Waals surface area contributed by atoms with Gasteiger partial charge in [0.25, 0.3) is 0 Å². The van der Waals surface area contributed by atoms with E-state index in [1.165, 1.54) is 6.08 Å². The number of cyclic esters (lactones) is 1. The summed E-state index contributed by atoms with van der Waals surface area (Å²) < 4.78 is 23.4. The molecule has 0 spiro atoms. The van der Waals surface area contributed by atoms with Gasteiger partial charge < -0.3 is 29.2 Å². The number of carbonyl (C=O) groups is 1. The van der Waals surface area contributed by atoms with Crippen molar-refractivity contribution in [2.45, 2.75) is 114 Å². The summed E-state index contributed by atoms with van der Waals surface area (Å²) >= 11 is 0. The second-order valence-electron chi connectivity index (χ2n) is 11.4. The summed E-state index contributed by atoms with van der Waals surface area (Å²) in [7, 11) is 0. The Bertz CT molecular complexity index is 864. The van der Waals surface area contributed by atoms with E-state index in [0.717, 1.165) is 37.7 Å². The van der Waals surface area contributed by atoms with E-state index in [9.17, 15) is 15.0 Å². The Morgan fingerprint density at radius 2 is 1.92 bits per heavy atom. The fourth-order valence-corrected chi connectivity index (χ4v) is 5.69. The number of aliphatic hydroxyl groups is 2. The predicted molar refractivity (Wildman–Crippen MR) is 141 cm³/mol. The SMILES string of the molecule is C=C1C[C@H](C)C[C@@H]2CC=C[C@@H](C/C=C\C(=O)O[C@H]([C@@H](O)/C=C/C3CC(C)CCO3)C[C@@H]3O[C@H]3[C@@H](O)C1)O2. The van der Waals surface area contributed by atoms with Gasteiger partial charge in [-0.1, -0.05) is 56.4 Å². The minimum atomic E-state index is -1.01. The summed E-state index contributed by atoms with van der Waals surface area (Å²) in [6.07, 6.45) is 13.7. The van der Waals surface area contributed by atoms with E-state index >= 15 is 0 Å². The normalized spacial score (nSPS) is 41.8. The van der Waals surface area contributed by atoms with Crippen molar-refractivity contribution >= 4 is 5.97 Å². The van der Waals surface area contributed by atoms with Gasteiger partial charge in [0.1, 0.15) is 18.3 Å². The van der Waals surface area contributed by atoms with Crippen LogP contribution in [0.2, 0.25) is 0 Å². The largest absolute Gasteiger partial charge is 0.456 e. The Kier molecular flexibility index (Phi) is 10.2. The van der Waals surface area contributed by atoms with E-state index in [-0.39, 0.29) is 30.5 Å². The highest BCUT2D eigenvalue weighted by Crippen LogP contribution is 2.35. The minimum Gasteiger partial charge on any atom is -0.456 e. The van der Waals surface area contributed by atoms with Crippen LogP contribution in [0.1, 0.15) is 65.2 Å². The van der Waals surface area contributed by atoms with Crippen LogP contribution >= 0.6 is 0 Å². The van der Waals surface area contributed by atoms with Gasteiger partial charge in [0.2, 0.25) is 0 Å². The van der Waals surface area contributed by atoms with Gasteiger partial charge in [-0.2, -0.15) is 0 Å². The highest BCUT2D eigenvalue weighted by atomic mass is 16.6. The number of hydrogen-bond donors (Lipinski definition) is 2. The maximum Gasteiger partial charge on any atom is 0.330 e. The van der Waals surface area contributed by atoms with Gasteiger partial charge >= 0.3 is 5.97 Å². The van der Waals surface area contributed by atoms with E-state index in [4.69, 9.17) is 18.9 Å². The molecule has 0 saturated carbocycles. The average Bonchev–Trinajstić information content (AvgIpc) is 3.61. The molecular formula is C30H44O7. The number of carbonyl (C=O) groups excluding carboxylic acids is 1. The van der Waals surface area contributed by atoms with Crippen LogP contribution in [0, 0.1) is 11.8 Å². The maximum absolute atomic E-state index is 12.7. The Balaban J connectivity index is 1.44. The van der Waals surface area contributed by atoms with Crippen molar-refractivity contribution in [3.05, 3.63) is 48.6 Å². The lowest BCUT2D eigenvalue weighted by Crippen LogP contribution is -2.33. The highest BCUT2D eigenvalue weighted by Gasteiger charge is 2.46. The fraction of sp³-hybridized carbons (Fsp3) is 0.700. The summed E-state index contributed by atoms with van der Waals surface area (Å²) in [4.78, 5) is 12.7. The zero-order chi connectivity index (χ0) is 26.4. The molecule has 4 aliphatic heterocycles. The number of hydrogen-bond acceptors (Lipinski definition) is 7. The fourth-order valence-electron chi connectivity index (χ4n) is 5.69. The molecule has 7 heteroatoms. The molecular weight excluding hydrogens is 472 g/mol. The Morgan fingerprint density at radius 3 is 2.73 bits per heavy atom. The molecule has 0 aromatic rings.